The molecule has 0 aromatic heterocycles. The number of hydrogen-bond acceptors (Lipinski definition) is 5. The molecule has 0 bridgehead atoms. The molecule has 0 aliphatic heterocycles. The molecular formula is C22H26BrN3O4S. The molecule has 3 N–H and O–H groups in total. The molecule has 2 aromatic carbocycles. The number of benzene rings is 2. The molecule has 0 aliphatic rings. The van der Waals surface area contributed by atoms with Crippen molar-refractivity contribution in [1.82, 2.24) is 16.2 Å². The lowest BCUT2D eigenvalue weighted by Gasteiger charge is -2.13. The van der Waals surface area contributed by atoms with Gasteiger partial charge in [-0.15, -0.1) is 0 Å². The summed E-state index contributed by atoms with van der Waals surface area (Å²) in [5.41, 5.74) is 6.48. The van der Waals surface area contributed by atoms with Crippen LogP contribution in [0.15, 0.2) is 46.9 Å². The highest BCUT2D eigenvalue weighted by molar-refractivity contribution is 9.10. The summed E-state index contributed by atoms with van der Waals surface area (Å²) in [5, 5.41) is 2.45. The van der Waals surface area contributed by atoms with Gasteiger partial charge in [0.25, 0.3) is 11.8 Å². The minimum Gasteiger partial charge on any atom is -0.493 e. The average Bonchev–Trinajstić information content (AvgIpc) is 2.77. The van der Waals surface area contributed by atoms with Crippen LogP contribution in [0.25, 0.3) is 0 Å². The van der Waals surface area contributed by atoms with E-state index in [0.29, 0.717) is 34.1 Å². The fraction of sp³-hybridized carbons (Fsp3) is 0.318. The first kappa shape index (κ1) is 24.6. The van der Waals surface area contributed by atoms with Crippen molar-refractivity contribution in [2.75, 3.05) is 13.2 Å². The third-order valence-electron chi connectivity index (χ3n) is 4.47. The first-order chi connectivity index (χ1) is 14.8. The van der Waals surface area contributed by atoms with Gasteiger partial charge in [-0.25, -0.2) is 0 Å². The molecule has 7 nitrogen and oxygen atoms in total. The van der Waals surface area contributed by atoms with Crippen LogP contribution >= 0.6 is 28.1 Å². The van der Waals surface area contributed by atoms with Crippen molar-refractivity contribution in [3.63, 3.8) is 0 Å². The van der Waals surface area contributed by atoms with Crippen molar-refractivity contribution in [3.8, 4) is 11.5 Å². The van der Waals surface area contributed by atoms with Gasteiger partial charge in [0, 0.05) is 5.56 Å². The lowest BCUT2D eigenvalue weighted by Crippen LogP contribution is -2.49. The molecule has 2 aromatic rings. The summed E-state index contributed by atoms with van der Waals surface area (Å²) in [6.45, 7) is 6.49. The summed E-state index contributed by atoms with van der Waals surface area (Å²) in [6, 6.07) is 12.6. The maximum atomic E-state index is 12.3. The predicted molar refractivity (Wildman–Crippen MR) is 127 cm³/mol. The molecule has 166 valence electrons. The Hall–Kier alpha value is -2.65. The van der Waals surface area contributed by atoms with Gasteiger partial charge in [-0.2, -0.15) is 0 Å². The lowest BCUT2D eigenvalue weighted by atomic mass is 9.99. The number of thiocarbonyl (C=S) groups is 1. The molecule has 0 fully saturated rings. The smallest absolute Gasteiger partial charge is 0.276 e. The van der Waals surface area contributed by atoms with Crippen molar-refractivity contribution >= 4 is 45.1 Å². The van der Waals surface area contributed by atoms with Crippen LogP contribution in [0, 0.1) is 0 Å². The molecule has 2 rings (SSSR count). The molecule has 1 atom stereocenters. The van der Waals surface area contributed by atoms with Crippen LogP contribution < -0.4 is 25.6 Å². The van der Waals surface area contributed by atoms with Crippen molar-refractivity contribution in [2.24, 2.45) is 0 Å². The minimum absolute atomic E-state index is 0.0405. The average molecular weight is 508 g/mol. The van der Waals surface area contributed by atoms with Gasteiger partial charge in [-0.3, -0.25) is 25.8 Å². The third kappa shape index (κ3) is 7.84. The number of ether oxygens (including phenoxy) is 2. The van der Waals surface area contributed by atoms with Crippen molar-refractivity contribution < 1.29 is 19.1 Å². The van der Waals surface area contributed by atoms with E-state index >= 15 is 0 Å². The molecule has 9 heteroatoms. The van der Waals surface area contributed by atoms with Crippen molar-refractivity contribution in [2.45, 2.75) is 33.1 Å². The number of carbonyl (C=O) groups excluding carboxylic acids is 2. The van der Waals surface area contributed by atoms with Crippen LogP contribution in [0.5, 0.6) is 11.5 Å². The molecule has 0 spiro atoms. The Bertz CT molecular complexity index is 921. The quantitative estimate of drug-likeness (QED) is 0.368. The van der Waals surface area contributed by atoms with Gasteiger partial charge in [-0.05, 0) is 83.3 Å². The second-order valence-corrected chi connectivity index (χ2v) is 7.96. The summed E-state index contributed by atoms with van der Waals surface area (Å²) >= 11 is 8.40. The topological polar surface area (TPSA) is 88.7 Å². The summed E-state index contributed by atoms with van der Waals surface area (Å²) in [6.07, 6.45) is 1.06. The molecule has 0 saturated heterocycles. The van der Waals surface area contributed by atoms with Crippen LogP contribution in [0.2, 0.25) is 0 Å². The second-order valence-electron chi connectivity index (χ2n) is 6.70. The minimum atomic E-state index is -0.439. The number of halogens is 1. The zero-order valence-electron chi connectivity index (χ0n) is 17.7. The van der Waals surface area contributed by atoms with E-state index in [-0.39, 0.29) is 11.7 Å². The van der Waals surface area contributed by atoms with E-state index in [2.05, 4.69) is 45.9 Å². The van der Waals surface area contributed by atoms with Gasteiger partial charge < -0.3 is 9.47 Å². The van der Waals surface area contributed by atoms with Crippen LogP contribution in [0.1, 0.15) is 49.0 Å². The number of nitrogens with one attached hydrogen (secondary N) is 3. The van der Waals surface area contributed by atoms with E-state index in [1.165, 1.54) is 5.56 Å². The number of hydrogen-bond donors (Lipinski definition) is 3. The summed E-state index contributed by atoms with van der Waals surface area (Å²) < 4.78 is 11.5. The van der Waals surface area contributed by atoms with E-state index < -0.39 is 11.8 Å². The van der Waals surface area contributed by atoms with Crippen LogP contribution in [0.3, 0.4) is 0 Å². The third-order valence-corrected chi connectivity index (χ3v) is 5.29. The molecule has 31 heavy (non-hydrogen) atoms. The zero-order valence-corrected chi connectivity index (χ0v) is 20.1. The molecule has 2 amide bonds. The molecular weight excluding hydrogens is 482 g/mol. The SMILES string of the molecule is CCOc1ccc(C(=O)NC(=S)NNC(=O)COc2ccc(C(C)CC)cc2)cc1Br. The lowest BCUT2D eigenvalue weighted by molar-refractivity contribution is -0.123. The van der Waals surface area contributed by atoms with Gasteiger partial charge in [-0.1, -0.05) is 26.0 Å². The van der Waals surface area contributed by atoms with Gasteiger partial charge in [0.05, 0.1) is 11.1 Å². The second kappa shape index (κ2) is 12.3. The van der Waals surface area contributed by atoms with E-state index in [1.54, 1.807) is 18.2 Å². The summed E-state index contributed by atoms with van der Waals surface area (Å²) in [7, 11) is 0. The molecule has 0 heterocycles. The van der Waals surface area contributed by atoms with Gasteiger partial charge in [0.2, 0.25) is 0 Å². The first-order valence-corrected chi connectivity index (χ1v) is 11.1. The summed E-state index contributed by atoms with van der Waals surface area (Å²) in [5.74, 6) is 0.849. The van der Waals surface area contributed by atoms with Gasteiger partial charge >= 0.3 is 0 Å². The summed E-state index contributed by atoms with van der Waals surface area (Å²) in [4.78, 5) is 24.2. The Kier molecular flexibility index (Phi) is 9.74. The standard InChI is InChI=1S/C22H26BrN3O4S/c1-4-14(3)15-6-9-17(10-7-15)30-13-20(27)25-26-22(31)24-21(28)16-8-11-19(29-5-2)18(23)12-16/h6-12,14H,4-5,13H2,1-3H3,(H,25,27)(H2,24,26,28,31). The Morgan fingerprint density at radius 2 is 1.77 bits per heavy atom. The first-order valence-electron chi connectivity index (χ1n) is 9.89. The highest BCUT2D eigenvalue weighted by Gasteiger charge is 2.11. The Morgan fingerprint density at radius 1 is 1.06 bits per heavy atom. The fourth-order valence-corrected chi connectivity index (χ4v) is 3.20. The van der Waals surface area contributed by atoms with Crippen molar-refractivity contribution in [1.29, 1.82) is 0 Å². The highest BCUT2D eigenvalue weighted by atomic mass is 79.9. The van der Waals surface area contributed by atoms with Gasteiger partial charge in [0.15, 0.2) is 11.7 Å². The van der Waals surface area contributed by atoms with Gasteiger partial charge in [0.1, 0.15) is 11.5 Å². The maximum Gasteiger partial charge on any atom is 0.276 e. The molecule has 0 aliphatic carbocycles. The van der Waals surface area contributed by atoms with Crippen LogP contribution in [-0.4, -0.2) is 30.1 Å². The number of carbonyl (C=O) groups is 2. The predicted octanol–water partition coefficient (Wildman–Crippen LogP) is 4.08. The van der Waals surface area contributed by atoms with Crippen LogP contribution in [-0.2, 0) is 4.79 Å². The van der Waals surface area contributed by atoms with E-state index in [0.717, 1.165) is 6.42 Å². The maximum absolute atomic E-state index is 12.3. The van der Waals surface area contributed by atoms with E-state index in [4.69, 9.17) is 21.7 Å². The Balaban J connectivity index is 1.75. The normalized spacial score (nSPS) is 11.2. The number of hydrazine groups is 1. The Morgan fingerprint density at radius 3 is 2.39 bits per heavy atom. The van der Waals surface area contributed by atoms with Crippen LogP contribution in [0.4, 0.5) is 0 Å². The zero-order chi connectivity index (χ0) is 22.8. The Labute approximate surface area is 196 Å². The fourth-order valence-electron chi connectivity index (χ4n) is 2.56. The number of amides is 2. The van der Waals surface area contributed by atoms with E-state index in [9.17, 15) is 9.59 Å². The molecule has 0 saturated carbocycles. The molecule has 1 unspecified atom stereocenters. The monoisotopic (exact) mass is 507 g/mol. The highest BCUT2D eigenvalue weighted by Crippen LogP contribution is 2.26. The van der Waals surface area contributed by atoms with E-state index in [1.807, 2.05) is 31.2 Å². The largest absolute Gasteiger partial charge is 0.493 e. The van der Waals surface area contributed by atoms with Crippen molar-refractivity contribution in [3.05, 3.63) is 58.1 Å². The number of rotatable bonds is 8. The molecule has 0 radical (unpaired) electrons.